The summed E-state index contributed by atoms with van der Waals surface area (Å²) in [6, 6.07) is -0.795. The Balaban J connectivity index is 3.86. The van der Waals surface area contributed by atoms with Crippen molar-refractivity contribution in [2.75, 3.05) is 40.9 Å². The fraction of sp³-hybridized carbons (Fsp3) is 0.984. The lowest BCUT2D eigenvalue weighted by atomic mass is 10.0. The van der Waals surface area contributed by atoms with Gasteiger partial charge in [0.05, 0.1) is 39.9 Å². The standard InChI is InChI=1S/C63H129N2O6P/c1-6-8-10-12-14-16-18-20-22-23-24-25-26-27-28-29-30-31-32-33-34-35-36-37-38-39-40-41-42-43-45-47-49-51-53-55-57-63(67)64-61(60-71-72(68,69)70-59-58-65(3,4)5)62(66)56-54-52-50-48-46-44-21-19-17-15-13-11-9-7-2/h61-62,66H,6-60H2,1-5H3,(H-,64,67,68,69)/t61-,62+/m0/s1. The van der Waals surface area contributed by atoms with Crippen molar-refractivity contribution in [1.29, 1.82) is 0 Å². The van der Waals surface area contributed by atoms with E-state index in [1.165, 1.54) is 283 Å². The minimum absolute atomic E-state index is 0.0165. The summed E-state index contributed by atoms with van der Waals surface area (Å²) in [5, 5.41) is 14.0. The average Bonchev–Trinajstić information content (AvgIpc) is 3.34. The van der Waals surface area contributed by atoms with E-state index in [1.807, 2.05) is 21.1 Å². The van der Waals surface area contributed by atoms with Gasteiger partial charge in [0.2, 0.25) is 5.91 Å². The number of hydrogen-bond donors (Lipinski definition) is 2. The molecule has 432 valence electrons. The van der Waals surface area contributed by atoms with Crippen LogP contribution in [-0.4, -0.2) is 68.5 Å². The number of nitrogens with zero attached hydrogens (tertiary/aromatic N) is 1. The lowest BCUT2D eigenvalue weighted by Gasteiger charge is -2.30. The molecule has 0 heterocycles. The molecule has 0 aliphatic rings. The SMILES string of the molecule is CCCCCCCCCCCCCCCCCCCCCCCCCCCCCCCCCCCCCCC(=O)N[C@@H](COP(=O)([O-])OCC[N+](C)(C)C)[C@H](O)CCCCCCCCCCCCCCCC. The molecule has 0 aromatic heterocycles. The van der Waals surface area contributed by atoms with E-state index in [-0.39, 0.29) is 19.1 Å². The van der Waals surface area contributed by atoms with Crippen LogP contribution in [0.3, 0.4) is 0 Å². The summed E-state index contributed by atoms with van der Waals surface area (Å²) in [5.74, 6) is -0.156. The van der Waals surface area contributed by atoms with E-state index < -0.39 is 20.0 Å². The third-order valence-electron chi connectivity index (χ3n) is 15.3. The fourth-order valence-electron chi connectivity index (χ4n) is 10.3. The number of nitrogens with one attached hydrogen (secondary N) is 1. The number of carbonyl (C=O) groups is 1. The maximum Gasteiger partial charge on any atom is 0.268 e. The number of phosphoric acid groups is 1. The number of likely N-dealkylation sites (N-methyl/N-ethyl adjacent to an activating group) is 1. The molecule has 0 radical (unpaired) electrons. The molecule has 1 amide bonds. The zero-order valence-corrected chi connectivity index (χ0v) is 50.3. The van der Waals surface area contributed by atoms with Crippen molar-refractivity contribution in [3.05, 3.63) is 0 Å². The number of quaternary nitrogens is 1. The van der Waals surface area contributed by atoms with Gasteiger partial charge in [-0.25, -0.2) is 0 Å². The first-order valence-corrected chi connectivity index (χ1v) is 33.8. The molecule has 0 aliphatic heterocycles. The second-order valence-corrected chi connectivity index (χ2v) is 25.3. The summed E-state index contributed by atoms with van der Waals surface area (Å²) in [6.07, 6.45) is 67.5. The van der Waals surface area contributed by atoms with Crippen molar-refractivity contribution in [1.82, 2.24) is 5.32 Å². The van der Waals surface area contributed by atoms with Crippen LogP contribution in [0.4, 0.5) is 0 Å². The lowest BCUT2D eigenvalue weighted by Crippen LogP contribution is -2.46. The van der Waals surface area contributed by atoms with E-state index in [2.05, 4.69) is 19.2 Å². The Labute approximate surface area is 450 Å². The molecule has 9 heteroatoms. The summed E-state index contributed by atoms with van der Waals surface area (Å²) in [7, 11) is 1.33. The second kappa shape index (κ2) is 55.3. The number of phosphoric ester groups is 1. The van der Waals surface area contributed by atoms with Crippen molar-refractivity contribution in [3.8, 4) is 0 Å². The number of hydrogen-bond acceptors (Lipinski definition) is 6. The van der Waals surface area contributed by atoms with Gasteiger partial charge in [0.15, 0.2) is 0 Å². The smallest absolute Gasteiger partial charge is 0.268 e. The molecule has 1 unspecified atom stereocenters. The molecule has 3 atom stereocenters. The molecule has 0 saturated heterocycles. The topological polar surface area (TPSA) is 108 Å². The van der Waals surface area contributed by atoms with Crippen molar-refractivity contribution in [3.63, 3.8) is 0 Å². The molecule has 8 nitrogen and oxygen atoms in total. The number of unbranched alkanes of at least 4 members (excludes halogenated alkanes) is 48. The van der Waals surface area contributed by atoms with E-state index >= 15 is 0 Å². The summed E-state index contributed by atoms with van der Waals surface area (Å²) in [4.78, 5) is 25.5. The fourth-order valence-corrected chi connectivity index (χ4v) is 11.0. The highest BCUT2D eigenvalue weighted by molar-refractivity contribution is 7.45. The van der Waals surface area contributed by atoms with Gasteiger partial charge < -0.3 is 28.8 Å². The Morgan fingerprint density at radius 2 is 0.681 bits per heavy atom. The number of rotatable bonds is 61. The molecule has 0 bridgehead atoms. The van der Waals surface area contributed by atoms with Crippen molar-refractivity contribution in [2.45, 2.75) is 360 Å². The quantitative estimate of drug-likeness (QED) is 0.0357. The minimum atomic E-state index is -4.57. The van der Waals surface area contributed by atoms with Crippen molar-refractivity contribution < 1.29 is 32.9 Å². The number of aliphatic hydroxyl groups is 1. The Morgan fingerprint density at radius 3 is 0.944 bits per heavy atom. The summed E-state index contributed by atoms with van der Waals surface area (Å²) in [6.45, 7) is 4.77. The molecule has 0 aliphatic carbocycles. The van der Waals surface area contributed by atoms with E-state index in [0.29, 0.717) is 23.9 Å². The van der Waals surface area contributed by atoms with Gasteiger partial charge in [-0.1, -0.05) is 328 Å². The van der Waals surface area contributed by atoms with Crippen LogP contribution in [0.2, 0.25) is 0 Å². The molecule has 2 N–H and O–H groups in total. The van der Waals surface area contributed by atoms with Gasteiger partial charge in [-0.3, -0.25) is 9.36 Å². The number of amides is 1. The van der Waals surface area contributed by atoms with Gasteiger partial charge in [-0.15, -0.1) is 0 Å². The van der Waals surface area contributed by atoms with Crippen LogP contribution >= 0.6 is 7.82 Å². The molecular weight excluding hydrogens is 912 g/mol. The molecular formula is C63H129N2O6P. The zero-order valence-electron chi connectivity index (χ0n) is 49.4. The minimum Gasteiger partial charge on any atom is -0.756 e. The first kappa shape index (κ1) is 71.5. The van der Waals surface area contributed by atoms with E-state index in [1.54, 1.807) is 0 Å². The third kappa shape index (κ3) is 57.2. The molecule has 0 aromatic rings. The van der Waals surface area contributed by atoms with Gasteiger partial charge in [0, 0.05) is 6.42 Å². The maximum absolute atomic E-state index is 13.0. The van der Waals surface area contributed by atoms with Crippen LogP contribution in [0.25, 0.3) is 0 Å². The third-order valence-corrected chi connectivity index (χ3v) is 16.3. The van der Waals surface area contributed by atoms with Crippen LogP contribution < -0.4 is 10.2 Å². The van der Waals surface area contributed by atoms with E-state index in [4.69, 9.17) is 9.05 Å². The summed E-state index contributed by atoms with van der Waals surface area (Å²) < 4.78 is 23.4. The largest absolute Gasteiger partial charge is 0.756 e. The van der Waals surface area contributed by atoms with Crippen LogP contribution in [0.1, 0.15) is 348 Å². The number of aliphatic hydroxyl groups excluding tert-OH is 1. The first-order valence-electron chi connectivity index (χ1n) is 32.4. The van der Waals surface area contributed by atoms with E-state index in [0.717, 1.165) is 38.5 Å². The van der Waals surface area contributed by atoms with Crippen molar-refractivity contribution in [2.24, 2.45) is 0 Å². The highest BCUT2D eigenvalue weighted by Gasteiger charge is 2.24. The first-order chi connectivity index (χ1) is 35.0. The molecule has 0 saturated carbocycles. The normalized spacial score (nSPS) is 13.7. The molecule has 0 rings (SSSR count). The maximum atomic E-state index is 13.0. The predicted molar refractivity (Wildman–Crippen MR) is 312 cm³/mol. The van der Waals surface area contributed by atoms with Gasteiger partial charge in [0.1, 0.15) is 13.2 Å². The Bertz CT molecular complexity index is 1140. The van der Waals surface area contributed by atoms with Crippen molar-refractivity contribution >= 4 is 13.7 Å². The van der Waals surface area contributed by atoms with Crippen LogP contribution in [0, 0.1) is 0 Å². The molecule has 72 heavy (non-hydrogen) atoms. The van der Waals surface area contributed by atoms with E-state index in [9.17, 15) is 19.4 Å². The van der Waals surface area contributed by atoms with Crippen LogP contribution in [0.5, 0.6) is 0 Å². The van der Waals surface area contributed by atoms with Gasteiger partial charge in [0.25, 0.3) is 7.82 Å². The molecule has 0 spiro atoms. The van der Waals surface area contributed by atoms with Crippen LogP contribution in [-0.2, 0) is 18.4 Å². The summed E-state index contributed by atoms with van der Waals surface area (Å²) >= 11 is 0. The summed E-state index contributed by atoms with van der Waals surface area (Å²) in [5.41, 5.74) is 0. The monoisotopic (exact) mass is 1040 g/mol. The average molecular weight is 1040 g/mol. The number of carbonyl (C=O) groups excluding carboxylic acids is 1. The second-order valence-electron chi connectivity index (χ2n) is 23.8. The highest BCUT2D eigenvalue weighted by Crippen LogP contribution is 2.38. The van der Waals surface area contributed by atoms with Gasteiger partial charge in [-0.05, 0) is 12.8 Å². The Hall–Kier alpha value is -0.500. The molecule has 0 aromatic carbocycles. The van der Waals surface area contributed by atoms with Gasteiger partial charge in [-0.2, -0.15) is 0 Å². The zero-order chi connectivity index (χ0) is 52.7. The Kier molecular flexibility index (Phi) is 54.9. The predicted octanol–water partition coefficient (Wildman–Crippen LogP) is 19.4. The lowest BCUT2D eigenvalue weighted by molar-refractivity contribution is -0.870. The Morgan fingerprint density at radius 1 is 0.431 bits per heavy atom. The van der Waals surface area contributed by atoms with Crippen LogP contribution in [0.15, 0.2) is 0 Å². The highest BCUT2D eigenvalue weighted by atomic mass is 31.2. The van der Waals surface area contributed by atoms with Gasteiger partial charge >= 0.3 is 0 Å². The molecule has 0 fully saturated rings.